The summed E-state index contributed by atoms with van der Waals surface area (Å²) in [6, 6.07) is 2.16. The van der Waals surface area contributed by atoms with Crippen molar-refractivity contribution in [3.63, 3.8) is 0 Å². The fourth-order valence-electron chi connectivity index (χ4n) is 2.91. The average molecular weight is 337 g/mol. The minimum absolute atomic E-state index is 0.0712. The van der Waals surface area contributed by atoms with Gasteiger partial charge in [0.1, 0.15) is 0 Å². The highest BCUT2D eigenvalue weighted by Gasteiger charge is 2.36. The Labute approximate surface area is 142 Å². The van der Waals surface area contributed by atoms with Crippen LogP contribution >= 0.6 is 11.3 Å². The minimum Gasteiger partial charge on any atom is -0.469 e. The molecule has 2 heterocycles. The number of aliphatic imine (C=N–C) groups is 1. The normalized spacial score (nSPS) is 23.0. The molecule has 1 aliphatic heterocycles. The SMILES string of the molecule is CCNC(=NCC(C)c1ccsc1)N1CC(C)C(C(=O)OC)C1. The van der Waals surface area contributed by atoms with Crippen LogP contribution in [0.25, 0.3) is 0 Å². The summed E-state index contributed by atoms with van der Waals surface area (Å²) in [7, 11) is 1.46. The molecule has 3 atom stereocenters. The quantitative estimate of drug-likeness (QED) is 0.510. The maximum atomic E-state index is 11.9. The van der Waals surface area contributed by atoms with Gasteiger partial charge in [-0.05, 0) is 35.2 Å². The zero-order chi connectivity index (χ0) is 16.8. The zero-order valence-corrected chi connectivity index (χ0v) is 15.2. The largest absolute Gasteiger partial charge is 0.469 e. The van der Waals surface area contributed by atoms with E-state index in [-0.39, 0.29) is 17.8 Å². The van der Waals surface area contributed by atoms with E-state index in [0.29, 0.717) is 12.5 Å². The summed E-state index contributed by atoms with van der Waals surface area (Å²) in [6.07, 6.45) is 0. The first kappa shape index (κ1) is 17.8. The Morgan fingerprint density at radius 2 is 2.35 bits per heavy atom. The summed E-state index contributed by atoms with van der Waals surface area (Å²) < 4.78 is 4.92. The molecule has 2 rings (SSSR count). The molecular formula is C17H27N3O2S. The van der Waals surface area contributed by atoms with Gasteiger partial charge < -0.3 is 15.0 Å². The van der Waals surface area contributed by atoms with Crippen LogP contribution in [0.15, 0.2) is 21.8 Å². The highest BCUT2D eigenvalue weighted by atomic mass is 32.1. The molecule has 23 heavy (non-hydrogen) atoms. The van der Waals surface area contributed by atoms with Crippen LogP contribution in [0, 0.1) is 11.8 Å². The lowest BCUT2D eigenvalue weighted by Gasteiger charge is -2.22. The number of nitrogens with one attached hydrogen (secondary N) is 1. The number of hydrogen-bond acceptors (Lipinski definition) is 4. The number of thiophene rings is 1. The van der Waals surface area contributed by atoms with Crippen molar-refractivity contribution in [3.8, 4) is 0 Å². The molecule has 1 saturated heterocycles. The van der Waals surface area contributed by atoms with Gasteiger partial charge in [-0.15, -0.1) is 0 Å². The van der Waals surface area contributed by atoms with Crippen LogP contribution in [-0.2, 0) is 9.53 Å². The van der Waals surface area contributed by atoms with E-state index in [1.165, 1.54) is 12.7 Å². The van der Waals surface area contributed by atoms with Gasteiger partial charge >= 0.3 is 5.97 Å². The molecule has 1 N–H and O–H groups in total. The topological polar surface area (TPSA) is 53.9 Å². The molecule has 0 amide bonds. The van der Waals surface area contributed by atoms with Gasteiger partial charge in [-0.1, -0.05) is 13.8 Å². The first-order valence-electron chi connectivity index (χ1n) is 8.20. The van der Waals surface area contributed by atoms with Crippen LogP contribution in [0.5, 0.6) is 0 Å². The summed E-state index contributed by atoms with van der Waals surface area (Å²) in [6.45, 7) is 9.42. The van der Waals surface area contributed by atoms with Crippen LogP contribution in [0.3, 0.4) is 0 Å². The first-order chi connectivity index (χ1) is 11.1. The van der Waals surface area contributed by atoms with Gasteiger partial charge in [0.2, 0.25) is 0 Å². The Kier molecular flexibility index (Phi) is 6.45. The number of hydrogen-bond donors (Lipinski definition) is 1. The average Bonchev–Trinajstić information content (AvgIpc) is 3.20. The van der Waals surface area contributed by atoms with Crippen molar-refractivity contribution < 1.29 is 9.53 Å². The lowest BCUT2D eigenvalue weighted by molar-refractivity contribution is -0.145. The van der Waals surface area contributed by atoms with Crippen molar-refractivity contribution in [3.05, 3.63) is 22.4 Å². The highest BCUT2D eigenvalue weighted by Crippen LogP contribution is 2.24. The van der Waals surface area contributed by atoms with Crippen LogP contribution < -0.4 is 5.32 Å². The van der Waals surface area contributed by atoms with Gasteiger partial charge in [0, 0.05) is 32.1 Å². The number of likely N-dealkylation sites (tertiary alicyclic amines) is 1. The third-order valence-corrected chi connectivity index (χ3v) is 5.08. The van der Waals surface area contributed by atoms with Gasteiger partial charge in [-0.3, -0.25) is 9.79 Å². The molecule has 0 bridgehead atoms. The molecule has 1 aliphatic rings. The second-order valence-electron chi connectivity index (χ2n) is 6.16. The van der Waals surface area contributed by atoms with E-state index in [1.54, 1.807) is 11.3 Å². The molecule has 1 aromatic heterocycles. The summed E-state index contributed by atoms with van der Waals surface area (Å²) in [5.74, 6) is 1.38. The predicted molar refractivity (Wildman–Crippen MR) is 95.0 cm³/mol. The summed E-state index contributed by atoms with van der Waals surface area (Å²) in [4.78, 5) is 18.8. The van der Waals surface area contributed by atoms with Crippen molar-refractivity contribution in [1.29, 1.82) is 0 Å². The number of guanidine groups is 1. The van der Waals surface area contributed by atoms with Gasteiger partial charge in [0.05, 0.1) is 13.0 Å². The fraction of sp³-hybridized carbons (Fsp3) is 0.647. The first-order valence-corrected chi connectivity index (χ1v) is 9.14. The van der Waals surface area contributed by atoms with Crippen molar-refractivity contribution in [1.82, 2.24) is 10.2 Å². The maximum Gasteiger partial charge on any atom is 0.310 e. The zero-order valence-electron chi connectivity index (χ0n) is 14.4. The van der Waals surface area contributed by atoms with Crippen molar-refractivity contribution in [2.45, 2.75) is 26.7 Å². The molecule has 0 aromatic carbocycles. The number of nitrogens with zero attached hydrogens (tertiary/aromatic N) is 2. The molecular weight excluding hydrogens is 310 g/mol. The molecule has 1 fully saturated rings. The van der Waals surface area contributed by atoms with Gasteiger partial charge in [-0.25, -0.2) is 0 Å². The van der Waals surface area contributed by atoms with E-state index in [2.05, 4.69) is 47.8 Å². The Balaban J connectivity index is 2.03. The predicted octanol–water partition coefficient (Wildman–Crippen LogP) is 2.56. The Bertz CT molecular complexity index is 530. The molecule has 6 heteroatoms. The van der Waals surface area contributed by atoms with E-state index in [4.69, 9.17) is 9.73 Å². The third kappa shape index (κ3) is 4.47. The lowest BCUT2D eigenvalue weighted by atomic mass is 9.99. The fourth-order valence-corrected chi connectivity index (χ4v) is 3.69. The maximum absolute atomic E-state index is 11.9. The number of methoxy groups -OCH3 is 1. The van der Waals surface area contributed by atoms with Crippen molar-refractivity contribution in [2.24, 2.45) is 16.8 Å². The number of rotatable bonds is 5. The highest BCUT2D eigenvalue weighted by molar-refractivity contribution is 7.07. The number of carbonyl (C=O) groups is 1. The van der Waals surface area contributed by atoms with Gasteiger partial charge in [0.15, 0.2) is 5.96 Å². The van der Waals surface area contributed by atoms with E-state index < -0.39 is 0 Å². The second-order valence-corrected chi connectivity index (χ2v) is 6.94. The summed E-state index contributed by atoms with van der Waals surface area (Å²) in [5.41, 5.74) is 1.33. The Morgan fingerprint density at radius 1 is 1.57 bits per heavy atom. The smallest absolute Gasteiger partial charge is 0.310 e. The van der Waals surface area contributed by atoms with Crippen LogP contribution in [-0.4, -0.2) is 50.1 Å². The monoisotopic (exact) mass is 337 g/mol. The standard InChI is InChI=1S/C17H27N3O2S/c1-5-18-17(19-8-12(2)14-6-7-23-11-14)20-9-13(3)15(10-20)16(21)22-4/h6-7,11-13,15H,5,8-10H2,1-4H3,(H,18,19). The number of esters is 1. The molecule has 1 aromatic rings. The van der Waals surface area contributed by atoms with Crippen LogP contribution in [0.4, 0.5) is 0 Å². The molecule has 0 spiro atoms. The van der Waals surface area contributed by atoms with Gasteiger partial charge in [-0.2, -0.15) is 11.3 Å². The lowest BCUT2D eigenvalue weighted by Crippen LogP contribution is -2.40. The Hall–Kier alpha value is -1.56. The summed E-state index contributed by atoms with van der Waals surface area (Å²) >= 11 is 1.72. The summed E-state index contributed by atoms with van der Waals surface area (Å²) in [5, 5.41) is 7.63. The van der Waals surface area contributed by atoms with Crippen molar-refractivity contribution in [2.75, 3.05) is 33.3 Å². The number of carbonyl (C=O) groups excluding carboxylic acids is 1. The molecule has 128 valence electrons. The van der Waals surface area contributed by atoms with Crippen molar-refractivity contribution >= 4 is 23.3 Å². The third-order valence-electron chi connectivity index (χ3n) is 4.38. The van der Waals surface area contributed by atoms with E-state index in [0.717, 1.165) is 25.6 Å². The van der Waals surface area contributed by atoms with Crippen LogP contribution in [0.2, 0.25) is 0 Å². The molecule has 0 radical (unpaired) electrons. The van der Waals surface area contributed by atoms with Gasteiger partial charge in [0.25, 0.3) is 0 Å². The second kappa shape index (κ2) is 8.34. The van der Waals surface area contributed by atoms with E-state index in [1.807, 2.05) is 0 Å². The molecule has 5 nitrogen and oxygen atoms in total. The molecule has 0 aliphatic carbocycles. The molecule has 3 unspecified atom stereocenters. The van der Waals surface area contributed by atoms with Crippen LogP contribution in [0.1, 0.15) is 32.3 Å². The van der Waals surface area contributed by atoms with E-state index >= 15 is 0 Å². The minimum atomic E-state index is -0.123. The Morgan fingerprint density at radius 3 is 2.96 bits per heavy atom. The number of ether oxygens (including phenoxy) is 1. The molecule has 0 saturated carbocycles. The van der Waals surface area contributed by atoms with E-state index in [9.17, 15) is 4.79 Å².